The van der Waals surface area contributed by atoms with Gasteiger partial charge in [0.25, 0.3) is 0 Å². The van der Waals surface area contributed by atoms with Gasteiger partial charge in [0.2, 0.25) is 0 Å². The van der Waals surface area contributed by atoms with Crippen molar-refractivity contribution in [3.05, 3.63) is 28.2 Å². The summed E-state index contributed by atoms with van der Waals surface area (Å²) < 4.78 is 36.4. The minimum atomic E-state index is -4.47. The number of halogens is 4. The van der Waals surface area contributed by atoms with Crippen LogP contribution in [0.1, 0.15) is 5.56 Å². The molecule has 0 fully saturated rings. The molecule has 0 aliphatic rings. The molecule has 1 aromatic carbocycles. The van der Waals surface area contributed by atoms with E-state index in [4.69, 9.17) is 18.0 Å². The van der Waals surface area contributed by atoms with Crippen molar-refractivity contribution in [1.29, 1.82) is 0 Å². The van der Waals surface area contributed by atoms with Crippen LogP contribution in [0.4, 0.5) is 23.7 Å². The Hall–Kier alpha value is -1.35. The topological polar surface area (TPSA) is 67.1 Å². The summed E-state index contributed by atoms with van der Waals surface area (Å²) in [5, 5.41) is 3.94. The smallest absolute Gasteiger partial charge is 0.389 e. The lowest BCUT2D eigenvalue weighted by molar-refractivity contribution is -0.122. The van der Waals surface area contributed by atoms with E-state index >= 15 is 0 Å². The van der Waals surface area contributed by atoms with Crippen LogP contribution < -0.4 is 16.4 Å². The van der Waals surface area contributed by atoms with E-state index in [1.54, 1.807) is 17.4 Å². The molecule has 0 saturated carbocycles. The Morgan fingerprint density at radius 2 is 2.05 bits per heavy atom. The number of carbonyl (C=O) groups is 1. The summed E-state index contributed by atoms with van der Waals surface area (Å²) in [6, 6.07) is 3.69. The van der Waals surface area contributed by atoms with E-state index in [9.17, 15) is 18.0 Å². The van der Waals surface area contributed by atoms with Crippen LogP contribution in [0.5, 0.6) is 0 Å². The van der Waals surface area contributed by atoms with Gasteiger partial charge in [0, 0.05) is 10.0 Å². The highest BCUT2D eigenvalue weighted by molar-refractivity contribution is 9.10. The molecule has 0 aliphatic heterocycles. The van der Waals surface area contributed by atoms with Crippen molar-refractivity contribution in [2.75, 3.05) is 11.9 Å². The van der Waals surface area contributed by atoms with Gasteiger partial charge in [-0.05, 0) is 18.2 Å². The Bertz CT molecular complexity index is 507. The van der Waals surface area contributed by atoms with Gasteiger partial charge in [-0.15, -0.1) is 0 Å². The van der Waals surface area contributed by atoms with Crippen LogP contribution in [0, 0.1) is 0 Å². The maximum atomic E-state index is 11.9. The molecule has 4 nitrogen and oxygen atoms in total. The summed E-state index contributed by atoms with van der Waals surface area (Å²) in [5.41, 5.74) is 6.03. The number of alkyl halides is 3. The summed E-state index contributed by atoms with van der Waals surface area (Å²) in [6.45, 7) is -1.42. The lowest BCUT2D eigenvalue weighted by Gasteiger charge is -2.12. The van der Waals surface area contributed by atoms with Crippen LogP contribution in [0.25, 0.3) is 0 Å². The molecular weight excluding hydrogens is 347 g/mol. The molecule has 104 valence electrons. The molecular formula is C10H9BrF3N3OS. The third-order valence-electron chi connectivity index (χ3n) is 1.94. The number of amides is 2. The normalized spacial score (nSPS) is 10.9. The molecule has 0 spiro atoms. The minimum Gasteiger partial charge on any atom is -0.389 e. The van der Waals surface area contributed by atoms with Gasteiger partial charge in [-0.25, -0.2) is 4.79 Å². The van der Waals surface area contributed by atoms with Crippen LogP contribution in [-0.2, 0) is 0 Å². The first-order valence-corrected chi connectivity index (χ1v) is 6.10. The molecule has 0 unspecified atom stereocenters. The maximum Gasteiger partial charge on any atom is 0.405 e. The molecule has 0 radical (unpaired) electrons. The summed E-state index contributed by atoms with van der Waals surface area (Å²) in [5.74, 6) is 0. The molecule has 1 rings (SSSR count). The van der Waals surface area contributed by atoms with Crippen LogP contribution in [0.15, 0.2) is 22.7 Å². The van der Waals surface area contributed by atoms with Crippen LogP contribution in [0.2, 0.25) is 0 Å². The number of urea groups is 1. The Morgan fingerprint density at radius 1 is 1.42 bits per heavy atom. The fourth-order valence-corrected chi connectivity index (χ4v) is 1.72. The van der Waals surface area contributed by atoms with Crippen molar-refractivity contribution in [3.8, 4) is 0 Å². The van der Waals surface area contributed by atoms with Gasteiger partial charge in [0.05, 0.1) is 5.69 Å². The molecule has 9 heteroatoms. The van der Waals surface area contributed by atoms with E-state index in [-0.39, 0.29) is 10.7 Å². The van der Waals surface area contributed by atoms with Crippen LogP contribution in [0.3, 0.4) is 0 Å². The number of nitrogens with two attached hydrogens (primary N) is 1. The molecule has 0 atom stereocenters. The maximum absolute atomic E-state index is 11.9. The Kier molecular flexibility index (Phi) is 5.12. The quantitative estimate of drug-likeness (QED) is 0.730. The van der Waals surface area contributed by atoms with Crippen molar-refractivity contribution in [3.63, 3.8) is 0 Å². The lowest BCUT2D eigenvalue weighted by Crippen LogP contribution is -2.37. The second kappa shape index (κ2) is 6.20. The SMILES string of the molecule is NC(=S)c1ccc(Br)cc1NC(=O)NCC(F)(F)F. The number of thiocarbonyl (C=S) groups is 1. The van der Waals surface area contributed by atoms with E-state index in [2.05, 4.69) is 21.2 Å². The number of rotatable bonds is 3. The molecule has 0 aromatic heterocycles. The third kappa shape index (κ3) is 5.43. The average Bonchev–Trinajstić information content (AvgIpc) is 2.25. The van der Waals surface area contributed by atoms with E-state index in [1.165, 1.54) is 6.07 Å². The number of nitrogens with one attached hydrogen (secondary N) is 2. The summed E-state index contributed by atoms with van der Waals surface area (Å²) in [4.78, 5) is 11.4. The highest BCUT2D eigenvalue weighted by atomic mass is 79.9. The highest BCUT2D eigenvalue weighted by Gasteiger charge is 2.27. The summed E-state index contributed by atoms with van der Waals surface area (Å²) in [7, 11) is 0. The first-order valence-electron chi connectivity index (χ1n) is 4.90. The number of benzene rings is 1. The van der Waals surface area contributed by atoms with Crippen molar-refractivity contribution < 1.29 is 18.0 Å². The fraction of sp³-hybridized carbons (Fsp3) is 0.200. The van der Waals surface area contributed by atoms with Gasteiger partial charge in [-0.1, -0.05) is 28.1 Å². The lowest BCUT2D eigenvalue weighted by atomic mass is 10.2. The van der Waals surface area contributed by atoms with Crippen LogP contribution >= 0.6 is 28.1 Å². The van der Waals surface area contributed by atoms with Gasteiger partial charge in [0.1, 0.15) is 11.5 Å². The highest BCUT2D eigenvalue weighted by Crippen LogP contribution is 2.21. The first kappa shape index (κ1) is 15.7. The molecule has 0 aliphatic carbocycles. The summed E-state index contributed by atoms with van der Waals surface area (Å²) in [6.07, 6.45) is -4.47. The van der Waals surface area contributed by atoms with Crippen molar-refractivity contribution in [2.45, 2.75) is 6.18 Å². The third-order valence-corrected chi connectivity index (χ3v) is 2.66. The second-order valence-electron chi connectivity index (χ2n) is 3.48. The van der Waals surface area contributed by atoms with Gasteiger partial charge in [0.15, 0.2) is 0 Å². The molecule has 1 aromatic rings. The average molecular weight is 356 g/mol. The van der Waals surface area contributed by atoms with Crippen molar-refractivity contribution in [1.82, 2.24) is 5.32 Å². The zero-order valence-corrected chi connectivity index (χ0v) is 11.7. The zero-order valence-electron chi connectivity index (χ0n) is 9.34. The largest absolute Gasteiger partial charge is 0.405 e. The number of carbonyl (C=O) groups excluding carboxylic acids is 1. The van der Waals surface area contributed by atoms with E-state index in [0.29, 0.717) is 10.0 Å². The standard InChI is InChI=1S/C10H9BrF3N3OS/c11-5-1-2-6(8(15)19)7(3-5)17-9(18)16-4-10(12,13)14/h1-3H,4H2,(H2,15,19)(H2,16,17,18). The zero-order chi connectivity index (χ0) is 14.6. The Balaban J connectivity index is 2.78. The predicted octanol–water partition coefficient (Wildman–Crippen LogP) is 2.77. The van der Waals surface area contributed by atoms with E-state index in [0.717, 1.165) is 0 Å². The molecule has 0 bridgehead atoms. The first-order chi connectivity index (χ1) is 8.69. The molecule has 4 N–H and O–H groups in total. The molecule has 19 heavy (non-hydrogen) atoms. The van der Waals surface area contributed by atoms with Crippen molar-refractivity contribution >= 4 is 44.9 Å². The fourth-order valence-electron chi connectivity index (χ4n) is 1.18. The van der Waals surface area contributed by atoms with E-state index in [1.807, 2.05) is 0 Å². The van der Waals surface area contributed by atoms with E-state index < -0.39 is 18.8 Å². The van der Waals surface area contributed by atoms with Crippen molar-refractivity contribution in [2.24, 2.45) is 5.73 Å². The number of hydrogen-bond acceptors (Lipinski definition) is 2. The van der Waals surface area contributed by atoms with Gasteiger partial charge >= 0.3 is 12.2 Å². The Morgan fingerprint density at radius 3 is 2.58 bits per heavy atom. The molecule has 0 heterocycles. The predicted molar refractivity (Wildman–Crippen MR) is 73.1 cm³/mol. The van der Waals surface area contributed by atoms with Gasteiger partial charge in [-0.2, -0.15) is 13.2 Å². The minimum absolute atomic E-state index is 0.0265. The molecule has 0 saturated heterocycles. The van der Waals surface area contributed by atoms with Crippen LogP contribution in [-0.4, -0.2) is 23.7 Å². The molecule has 2 amide bonds. The number of anilines is 1. The van der Waals surface area contributed by atoms with Gasteiger partial charge < -0.3 is 16.4 Å². The van der Waals surface area contributed by atoms with Gasteiger partial charge in [-0.3, -0.25) is 0 Å². The Labute approximate surface area is 120 Å². The summed E-state index contributed by atoms with van der Waals surface area (Å²) >= 11 is 7.95. The number of hydrogen-bond donors (Lipinski definition) is 3. The monoisotopic (exact) mass is 355 g/mol. The second-order valence-corrected chi connectivity index (χ2v) is 4.83.